The van der Waals surface area contributed by atoms with Crippen molar-refractivity contribution >= 4 is 17.0 Å². The molecule has 0 aliphatic carbocycles. The van der Waals surface area contributed by atoms with Crippen molar-refractivity contribution in [3.05, 3.63) is 52.2 Å². The lowest BCUT2D eigenvalue weighted by atomic mass is 10.2. The highest BCUT2D eigenvalue weighted by atomic mass is 32.1. The van der Waals surface area contributed by atoms with Gasteiger partial charge in [-0.2, -0.15) is 11.3 Å². The van der Waals surface area contributed by atoms with Gasteiger partial charge in [0.1, 0.15) is 0 Å². The smallest absolute Gasteiger partial charge is 0.0681 e. The molecule has 0 saturated carbocycles. The van der Waals surface area contributed by atoms with Gasteiger partial charge in [0.2, 0.25) is 0 Å². The molecule has 0 atom stereocenters. The molecule has 1 heterocycles. The van der Waals surface area contributed by atoms with E-state index in [0.717, 1.165) is 12.1 Å². The highest BCUT2D eigenvalue weighted by Crippen LogP contribution is 2.17. The predicted molar refractivity (Wildman–Crippen MR) is 68.8 cm³/mol. The van der Waals surface area contributed by atoms with Gasteiger partial charge in [0.25, 0.3) is 0 Å². The first kappa shape index (κ1) is 11.2. The Labute approximate surface area is 99.8 Å². The van der Waals surface area contributed by atoms with Gasteiger partial charge in [-0.15, -0.1) is 0 Å². The minimum Gasteiger partial charge on any atom is -0.392 e. The van der Waals surface area contributed by atoms with Gasteiger partial charge >= 0.3 is 0 Å². The van der Waals surface area contributed by atoms with Crippen molar-refractivity contribution in [1.29, 1.82) is 0 Å². The topological polar surface area (TPSA) is 23.5 Å². The van der Waals surface area contributed by atoms with Crippen LogP contribution in [-0.4, -0.2) is 12.2 Å². The molecule has 0 aliphatic rings. The van der Waals surface area contributed by atoms with Crippen molar-refractivity contribution in [2.75, 3.05) is 11.9 Å². The molecular formula is C13H15NOS. The van der Waals surface area contributed by atoms with Crippen molar-refractivity contribution in [1.82, 2.24) is 0 Å². The van der Waals surface area contributed by atoms with Gasteiger partial charge in [-0.1, -0.05) is 12.1 Å². The van der Waals surface area contributed by atoms with Gasteiger partial charge in [0.15, 0.2) is 0 Å². The van der Waals surface area contributed by atoms with Crippen LogP contribution < -0.4 is 4.90 Å². The van der Waals surface area contributed by atoms with Gasteiger partial charge in [-0.05, 0) is 40.1 Å². The Balaban J connectivity index is 2.05. The van der Waals surface area contributed by atoms with E-state index in [1.54, 1.807) is 11.3 Å². The molecule has 16 heavy (non-hydrogen) atoms. The number of nitrogens with zero attached hydrogens (tertiary/aromatic N) is 1. The fourth-order valence-electron chi connectivity index (χ4n) is 1.60. The summed E-state index contributed by atoms with van der Waals surface area (Å²) in [4.78, 5) is 2.20. The lowest BCUT2D eigenvalue weighted by molar-refractivity contribution is 0.282. The molecule has 2 nitrogen and oxygen atoms in total. The molecule has 84 valence electrons. The van der Waals surface area contributed by atoms with E-state index in [2.05, 4.69) is 28.8 Å². The van der Waals surface area contributed by atoms with Gasteiger partial charge < -0.3 is 10.0 Å². The van der Waals surface area contributed by atoms with Gasteiger partial charge in [0, 0.05) is 19.3 Å². The normalized spacial score (nSPS) is 10.4. The van der Waals surface area contributed by atoms with E-state index in [1.807, 2.05) is 24.3 Å². The first-order chi connectivity index (χ1) is 7.79. The molecule has 0 spiro atoms. The minimum absolute atomic E-state index is 0.106. The highest BCUT2D eigenvalue weighted by molar-refractivity contribution is 7.07. The summed E-state index contributed by atoms with van der Waals surface area (Å²) in [5.41, 5.74) is 3.45. The van der Waals surface area contributed by atoms with E-state index in [9.17, 15) is 0 Å². The number of hydrogen-bond acceptors (Lipinski definition) is 3. The molecule has 0 aliphatic heterocycles. The summed E-state index contributed by atoms with van der Waals surface area (Å²) >= 11 is 1.72. The van der Waals surface area contributed by atoms with Crippen molar-refractivity contribution in [2.45, 2.75) is 13.2 Å². The number of hydrogen-bond donors (Lipinski definition) is 1. The number of rotatable bonds is 4. The van der Waals surface area contributed by atoms with Crippen LogP contribution in [0.4, 0.5) is 5.69 Å². The lowest BCUT2D eigenvalue weighted by Gasteiger charge is -2.18. The summed E-state index contributed by atoms with van der Waals surface area (Å²) in [6, 6.07) is 10.1. The number of benzene rings is 1. The third-order valence-electron chi connectivity index (χ3n) is 2.56. The summed E-state index contributed by atoms with van der Waals surface area (Å²) in [5.74, 6) is 0. The van der Waals surface area contributed by atoms with E-state index >= 15 is 0 Å². The van der Waals surface area contributed by atoms with Gasteiger partial charge in [-0.25, -0.2) is 0 Å². The second-order valence-electron chi connectivity index (χ2n) is 3.81. The Hall–Kier alpha value is -1.32. The minimum atomic E-state index is 0.106. The quantitative estimate of drug-likeness (QED) is 0.877. The lowest BCUT2D eigenvalue weighted by Crippen LogP contribution is -2.15. The Bertz CT molecular complexity index is 422. The Morgan fingerprint density at radius 3 is 2.44 bits per heavy atom. The van der Waals surface area contributed by atoms with Crippen LogP contribution in [0.1, 0.15) is 11.1 Å². The third-order valence-corrected chi connectivity index (χ3v) is 3.29. The molecule has 0 fully saturated rings. The summed E-state index contributed by atoms with van der Waals surface area (Å²) in [6.07, 6.45) is 0. The summed E-state index contributed by atoms with van der Waals surface area (Å²) < 4.78 is 0. The molecule has 0 bridgehead atoms. The van der Waals surface area contributed by atoms with E-state index in [-0.39, 0.29) is 6.61 Å². The molecule has 0 amide bonds. The molecule has 1 aromatic heterocycles. The average Bonchev–Trinajstić information content (AvgIpc) is 2.82. The maximum atomic E-state index is 8.96. The molecule has 3 heteroatoms. The molecule has 0 unspecified atom stereocenters. The molecule has 0 radical (unpaired) electrons. The summed E-state index contributed by atoms with van der Waals surface area (Å²) in [5, 5.41) is 13.2. The van der Waals surface area contributed by atoms with Crippen LogP contribution in [0.15, 0.2) is 41.1 Å². The SMILES string of the molecule is CN(Cc1ccsc1)c1ccc(CO)cc1. The van der Waals surface area contributed by atoms with Crippen LogP contribution in [0, 0.1) is 0 Å². The fourth-order valence-corrected chi connectivity index (χ4v) is 2.26. The van der Waals surface area contributed by atoms with Crippen LogP contribution >= 0.6 is 11.3 Å². The van der Waals surface area contributed by atoms with Gasteiger partial charge in [0.05, 0.1) is 6.61 Å². The Morgan fingerprint density at radius 2 is 1.88 bits per heavy atom. The Kier molecular flexibility index (Phi) is 3.59. The average molecular weight is 233 g/mol. The number of aliphatic hydroxyl groups is 1. The highest BCUT2D eigenvalue weighted by Gasteiger charge is 2.02. The largest absolute Gasteiger partial charge is 0.392 e. The summed E-state index contributed by atoms with van der Waals surface area (Å²) in [7, 11) is 2.08. The zero-order chi connectivity index (χ0) is 11.4. The monoisotopic (exact) mass is 233 g/mol. The second-order valence-corrected chi connectivity index (χ2v) is 4.59. The number of anilines is 1. The van der Waals surface area contributed by atoms with Crippen LogP contribution in [-0.2, 0) is 13.2 Å². The molecule has 0 saturated heterocycles. The van der Waals surface area contributed by atoms with Crippen LogP contribution in [0.2, 0.25) is 0 Å². The third kappa shape index (κ3) is 2.62. The summed E-state index contributed by atoms with van der Waals surface area (Å²) in [6.45, 7) is 1.02. The van der Waals surface area contributed by atoms with E-state index in [1.165, 1.54) is 11.3 Å². The fraction of sp³-hybridized carbons (Fsp3) is 0.231. The van der Waals surface area contributed by atoms with Crippen molar-refractivity contribution in [3.8, 4) is 0 Å². The first-order valence-corrected chi connectivity index (χ1v) is 6.16. The van der Waals surface area contributed by atoms with Crippen molar-refractivity contribution in [2.24, 2.45) is 0 Å². The number of thiophene rings is 1. The molecule has 1 N–H and O–H groups in total. The standard InChI is InChI=1S/C13H15NOS/c1-14(8-12-6-7-16-10-12)13-4-2-11(9-15)3-5-13/h2-7,10,15H,8-9H2,1H3. The zero-order valence-corrected chi connectivity index (χ0v) is 10.1. The molecular weight excluding hydrogens is 218 g/mol. The molecule has 2 aromatic rings. The van der Waals surface area contributed by atoms with Crippen LogP contribution in [0.5, 0.6) is 0 Å². The van der Waals surface area contributed by atoms with Crippen molar-refractivity contribution in [3.63, 3.8) is 0 Å². The van der Waals surface area contributed by atoms with E-state index < -0.39 is 0 Å². The van der Waals surface area contributed by atoms with E-state index in [4.69, 9.17) is 5.11 Å². The van der Waals surface area contributed by atoms with Crippen molar-refractivity contribution < 1.29 is 5.11 Å². The maximum Gasteiger partial charge on any atom is 0.0681 e. The predicted octanol–water partition coefficient (Wildman–Crippen LogP) is 2.88. The molecule has 1 aromatic carbocycles. The van der Waals surface area contributed by atoms with Crippen LogP contribution in [0.25, 0.3) is 0 Å². The zero-order valence-electron chi connectivity index (χ0n) is 9.26. The van der Waals surface area contributed by atoms with Crippen LogP contribution in [0.3, 0.4) is 0 Å². The number of aliphatic hydroxyl groups excluding tert-OH is 1. The first-order valence-electron chi connectivity index (χ1n) is 5.21. The maximum absolute atomic E-state index is 8.96. The van der Waals surface area contributed by atoms with E-state index in [0.29, 0.717) is 0 Å². The van der Waals surface area contributed by atoms with Gasteiger partial charge in [-0.3, -0.25) is 0 Å². The Morgan fingerprint density at radius 1 is 1.12 bits per heavy atom. The second kappa shape index (κ2) is 5.14. The molecule has 2 rings (SSSR count).